The number of ether oxygens (including phenoxy) is 1. The van der Waals surface area contributed by atoms with Gasteiger partial charge in [0.25, 0.3) is 0 Å². The van der Waals surface area contributed by atoms with Crippen molar-refractivity contribution in [2.45, 2.75) is 25.9 Å². The zero-order valence-corrected chi connectivity index (χ0v) is 16.5. The third-order valence-corrected chi connectivity index (χ3v) is 5.58. The molecule has 0 bridgehead atoms. The molecule has 1 fully saturated rings. The summed E-state index contributed by atoms with van der Waals surface area (Å²) < 4.78 is 5.42. The van der Waals surface area contributed by atoms with Crippen LogP contribution in [0.5, 0.6) is 0 Å². The van der Waals surface area contributed by atoms with E-state index in [9.17, 15) is 0 Å². The molecular weight excluding hydrogens is 358 g/mol. The molecule has 1 N–H and O–H groups in total. The summed E-state index contributed by atoms with van der Waals surface area (Å²) in [7, 11) is 0. The summed E-state index contributed by atoms with van der Waals surface area (Å²) in [6, 6.07) is 17.2. The zero-order valence-electron chi connectivity index (χ0n) is 15.7. The number of hydrogen-bond donors (Lipinski definition) is 1. The van der Waals surface area contributed by atoms with Crippen LogP contribution >= 0.6 is 11.6 Å². The summed E-state index contributed by atoms with van der Waals surface area (Å²) in [4.78, 5) is 2.45. The van der Waals surface area contributed by atoms with Gasteiger partial charge in [0.2, 0.25) is 0 Å². The van der Waals surface area contributed by atoms with Gasteiger partial charge in [0.1, 0.15) is 0 Å². The molecule has 1 unspecified atom stereocenters. The highest BCUT2D eigenvalue weighted by molar-refractivity contribution is 6.33. The molecule has 0 spiro atoms. The van der Waals surface area contributed by atoms with Crippen LogP contribution in [0.1, 0.15) is 18.1 Å². The molecule has 0 radical (unpaired) electrons. The topological polar surface area (TPSA) is 27.7 Å². The number of hydrazine groups is 1. The van der Waals surface area contributed by atoms with Crippen LogP contribution in [0.25, 0.3) is 0 Å². The molecule has 0 saturated carbocycles. The van der Waals surface area contributed by atoms with Gasteiger partial charge < -0.3 is 4.74 Å². The van der Waals surface area contributed by atoms with Crippen molar-refractivity contribution in [1.82, 2.24) is 10.3 Å². The van der Waals surface area contributed by atoms with E-state index in [1.165, 1.54) is 16.7 Å². The molecule has 2 aromatic rings. The first kappa shape index (κ1) is 18.5. The maximum absolute atomic E-state index is 6.33. The first-order valence-corrected chi connectivity index (χ1v) is 9.93. The van der Waals surface area contributed by atoms with Crippen molar-refractivity contribution in [1.29, 1.82) is 0 Å². The smallest absolute Gasteiger partial charge is 0.0757 e. The highest BCUT2D eigenvalue weighted by atomic mass is 35.5. The van der Waals surface area contributed by atoms with Gasteiger partial charge in [-0.15, -0.1) is 0 Å². The van der Waals surface area contributed by atoms with E-state index in [4.69, 9.17) is 16.3 Å². The second-order valence-corrected chi connectivity index (χ2v) is 7.69. The maximum Gasteiger partial charge on any atom is 0.0757 e. The van der Waals surface area contributed by atoms with Gasteiger partial charge in [0.15, 0.2) is 0 Å². The normalized spacial score (nSPS) is 20.7. The number of benzene rings is 2. The van der Waals surface area contributed by atoms with Crippen molar-refractivity contribution in [3.63, 3.8) is 0 Å². The summed E-state index contributed by atoms with van der Waals surface area (Å²) in [5.74, 6) is 0. The van der Waals surface area contributed by atoms with Crippen LogP contribution in [0, 0.1) is 0 Å². The number of para-hydroxylation sites is 1. The third kappa shape index (κ3) is 4.53. The average Bonchev–Trinajstić information content (AvgIpc) is 3.05. The lowest BCUT2D eigenvalue weighted by Crippen LogP contribution is -2.37. The molecule has 4 nitrogen and oxygen atoms in total. The molecule has 27 heavy (non-hydrogen) atoms. The number of hydrogen-bond acceptors (Lipinski definition) is 4. The van der Waals surface area contributed by atoms with Gasteiger partial charge in [-0.1, -0.05) is 48.0 Å². The summed E-state index contributed by atoms with van der Waals surface area (Å²) in [6.45, 7) is 6.91. The van der Waals surface area contributed by atoms with Crippen molar-refractivity contribution in [3.8, 4) is 0 Å². The van der Waals surface area contributed by atoms with Gasteiger partial charge in [-0.2, -0.15) is 0 Å². The predicted molar refractivity (Wildman–Crippen MR) is 111 cm³/mol. The standard InChI is InChI=1S/C22H26ClN3O/c1-17-15-26(22-5-3-2-4-20(22)23)24-21(17)14-18-6-8-19(9-7-18)16-25-10-12-27-13-11-25/h2-9,15,21,24H,10-14,16H2,1H3. The van der Waals surface area contributed by atoms with Gasteiger partial charge in [0.05, 0.1) is 30.0 Å². The Labute approximate surface area is 166 Å². The molecule has 2 aromatic carbocycles. The fraction of sp³-hybridized carbons (Fsp3) is 0.364. The van der Waals surface area contributed by atoms with Crippen molar-refractivity contribution < 1.29 is 4.74 Å². The minimum atomic E-state index is 0.284. The van der Waals surface area contributed by atoms with E-state index < -0.39 is 0 Å². The molecule has 142 valence electrons. The zero-order chi connectivity index (χ0) is 18.6. The molecule has 0 aromatic heterocycles. The Hall–Kier alpha value is -1.85. The van der Waals surface area contributed by atoms with Crippen molar-refractivity contribution in [2.75, 3.05) is 31.3 Å². The largest absolute Gasteiger partial charge is 0.379 e. The first-order chi connectivity index (χ1) is 13.2. The van der Waals surface area contributed by atoms with E-state index in [-0.39, 0.29) is 6.04 Å². The SMILES string of the molecule is CC1=CN(c2ccccc2Cl)NC1Cc1ccc(CN2CCOCC2)cc1. The monoisotopic (exact) mass is 383 g/mol. The summed E-state index contributed by atoms with van der Waals surface area (Å²) in [6.07, 6.45) is 3.10. The predicted octanol–water partition coefficient (Wildman–Crippen LogP) is 4.01. The Morgan fingerprint density at radius 1 is 1.04 bits per heavy atom. The van der Waals surface area contributed by atoms with Gasteiger partial charge in [-0.25, -0.2) is 5.43 Å². The molecule has 0 aliphatic carbocycles. The average molecular weight is 384 g/mol. The van der Waals surface area contributed by atoms with Crippen LogP contribution in [0.3, 0.4) is 0 Å². The van der Waals surface area contributed by atoms with Crippen LogP contribution in [-0.4, -0.2) is 37.2 Å². The lowest BCUT2D eigenvalue weighted by molar-refractivity contribution is 0.0342. The van der Waals surface area contributed by atoms with Crippen LogP contribution < -0.4 is 10.4 Å². The Kier molecular flexibility index (Phi) is 5.79. The van der Waals surface area contributed by atoms with E-state index in [1.54, 1.807) is 0 Å². The summed E-state index contributed by atoms with van der Waals surface area (Å²) in [5, 5.41) is 2.79. The molecular formula is C22H26ClN3O. The van der Waals surface area contributed by atoms with E-state index in [2.05, 4.69) is 47.7 Å². The molecule has 5 heteroatoms. The van der Waals surface area contributed by atoms with Gasteiger partial charge in [-0.3, -0.25) is 9.91 Å². The van der Waals surface area contributed by atoms with Crippen LogP contribution in [0.4, 0.5) is 5.69 Å². The molecule has 2 aliphatic rings. The second-order valence-electron chi connectivity index (χ2n) is 7.29. The second kappa shape index (κ2) is 8.44. The molecule has 2 aliphatic heterocycles. The van der Waals surface area contributed by atoms with E-state index >= 15 is 0 Å². The fourth-order valence-corrected chi connectivity index (χ4v) is 3.85. The molecule has 4 rings (SSSR count). The van der Waals surface area contributed by atoms with Gasteiger partial charge in [-0.05, 0) is 42.2 Å². The summed E-state index contributed by atoms with van der Waals surface area (Å²) in [5.41, 5.74) is 8.57. The third-order valence-electron chi connectivity index (χ3n) is 5.26. The lowest BCUT2D eigenvalue weighted by atomic mass is 10.0. The van der Waals surface area contributed by atoms with Gasteiger partial charge in [0, 0.05) is 25.8 Å². The molecule has 1 atom stereocenters. The van der Waals surface area contributed by atoms with Crippen LogP contribution in [0.15, 0.2) is 60.3 Å². The molecule has 2 heterocycles. The lowest BCUT2D eigenvalue weighted by Gasteiger charge is -2.26. The Bertz CT molecular complexity index is 799. The fourth-order valence-electron chi connectivity index (χ4n) is 3.63. The highest BCUT2D eigenvalue weighted by Gasteiger charge is 2.23. The quantitative estimate of drug-likeness (QED) is 0.844. The minimum Gasteiger partial charge on any atom is -0.379 e. The molecule has 0 amide bonds. The molecule has 1 saturated heterocycles. The van der Waals surface area contributed by atoms with Crippen molar-refractivity contribution in [3.05, 3.63) is 76.5 Å². The number of anilines is 1. The van der Waals surface area contributed by atoms with E-state index in [0.717, 1.165) is 50.0 Å². The van der Waals surface area contributed by atoms with E-state index in [0.29, 0.717) is 0 Å². The number of nitrogens with zero attached hydrogens (tertiary/aromatic N) is 2. The maximum atomic E-state index is 6.33. The highest BCUT2D eigenvalue weighted by Crippen LogP contribution is 2.28. The van der Waals surface area contributed by atoms with Crippen molar-refractivity contribution >= 4 is 17.3 Å². The first-order valence-electron chi connectivity index (χ1n) is 9.55. The van der Waals surface area contributed by atoms with Gasteiger partial charge >= 0.3 is 0 Å². The minimum absolute atomic E-state index is 0.284. The number of nitrogens with one attached hydrogen (secondary N) is 1. The Balaban J connectivity index is 1.36. The van der Waals surface area contributed by atoms with Crippen LogP contribution in [0.2, 0.25) is 5.02 Å². The number of halogens is 1. The number of morpholine rings is 1. The Morgan fingerprint density at radius 3 is 2.48 bits per heavy atom. The summed E-state index contributed by atoms with van der Waals surface area (Å²) >= 11 is 6.33. The van der Waals surface area contributed by atoms with Crippen molar-refractivity contribution in [2.24, 2.45) is 0 Å². The van der Waals surface area contributed by atoms with Crippen LogP contribution in [-0.2, 0) is 17.7 Å². The Morgan fingerprint density at radius 2 is 1.74 bits per heavy atom. The van der Waals surface area contributed by atoms with E-state index in [1.807, 2.05) is 29.3 Å². The number of rotatable bonds is 5.